The van der Waals surface area contributed by atoms with E-state index in [-0.39, 0.29) is 18.4 Å². The largest absolute Gasteiger partial charge is 0.448 e. The summed E-state index contributed by atoms with van der Waals surface area (Å²) in [6.07, 6.45) is 3.44. The number of hydrogen-bond acceptors (Lipinski definition) is 5. The first-order valence-electron chi connectivity index (χ1n) is 8.21. The molecule has 0 N–H and O–H groups in total. The number of hydrogen-bond donors (Lipinski definition) is 0. The van der Waals surface area contributed by atoms with Gasteiger partial charge in [0.2, 0.25) is 5.91 Å². The number of rotatable bonds is 3. The molecule has 0 saturated carbocycles. The summed E-state index contributed by atoms with van der Waals surface area (Å²) in [6, 6.07) is 5.80. The number of ether oxygens (including phenoxy) is 1. The third-order valence-electron chi connectivity index (χ3n) is 4.65. The summed E-state index contributed by atoms with van der Waals surface area (Å²) in [5.41, 5.74) is 0.816. The lowest BCUT2D eigenvalue weighted by molar-refractivity contribution is -0.133. The Hall–Kier alpha value is -2.64. The predicted molar refractivity (Wildman–Crippen MR) is 84.5 cm³/mol. The molecule has 4 heterocycles. The molecule has 24 heavy (non-hydrogen) atoms. The van der Waals surface area contributed by atoms with E-state index in [9.17, 15) is 9.59 Å². The van der Waals surface area contributed by atoms with Crippen molar-refractivity contribution in [2.24, 2.45) is 0 Å². The van der Waals surface area contributed by atoms with Gasteiger partial charge in [0.15, 0.2) is 5.65 Å². The second kappa shape index (κ2) is 6.10. The summed E-state index contributed by atoms with van der Waals surface area (Å²) in [5.74, 6) is 1.02. The number of fused-ring (bicyclic) bond motifs is 1. The van der Waals surface area contributed by atoms with Crippen LogP contribution in [0.4, 0.5) is 4.79 Å². The Morgan fingerprint density at radius 1 is 1.29 bits per heavy atom. The second-order valence-corrected chi connectivity index (χ2v) is 6.20. The molecule has 0 aliphatic carbocycles. The molecule has 0 radical (unpaired) electrons. The van der Waals surface area contributed by atoms with E-state index in [1.165, 1.54) is 4.90 Å². The van der Waals surface area contributed by atoms with E-state index in [4.69, 9.17) is 4.74 Å². The average molecular weight is 329 g/mol. The fourth-order valence-electron chi connectivity index (χ4n) is 3.39. The van der Waals surface area contributed by atoms with E-state index in [1.807, 2.05) is 33.7 Å². The normalized spacial score (nSPS) is 21.3. The van der Waals surface area contributed by atoms with Crippen LogP contribution < -0.4 is 0 Å². The molecule has 0 spiro atoms. The lowest BCUT2D eigenvalue weighted by Crippen LogP contribution is -2.45. The van der Waals surface area contributed by atoms with Crippen molar-refractivity contribution in [1.29, 1.82) is 0 Å². The van der Waals surface area contributed by atoms with Crippen molar-refractivity contribution in [2.45, 2.75) is 18.8 Å². The van der Waals surface area contributed by atoms with Crippen LogP contribution in [0.25, 0.3) is 5.65 Å². The quantitative estimate of drug-likeness (QED) is 0.835. The van der Waals surface area contributed by atoms with Crippen LogP contribution in [0.3, 0.4) is 0 Å². The summed E-state index contributed by atoms with van der Waals surface area (Å²) in [6.45, 7) is 2.26. The third kappa shape index (κ3) is 2.68. The predicted octanol–water partition coefficient (Wildman–Crippen LogP) is 0.887. The van der Waals surface area contributed by atoms with Gasteiger partial charge in [-0.05, 0) is 25.0 Å². The Morgan fingerprint density at radius 3 is 3.04 bits per heavy atom. The van der Waals surface area contributed by atoms with Crippen molar-refractivity contribution in [3.05, 3.63) is 30.2 Å². The number of pyridine rings is 1. The SMILES string of the molecule is O=C(CN1CCOC1=O)N1CCCC(c2nnc3ccccn23)C1. The van der Waals surface area contributed by atoms with E-state index in [0.717, 1.165) is 30.9 Å². The standard InChI is InChI=1S/C16H19N5O3/c22-14(11-20-8-9-24-16(20)23)19-6-3-4-12(10-19)15-18-17-13-5-1-2-7-21(13)15/h1-2,5,7,12H,3-4,6,8-11H2. The molecule has 2 aliphatic heterocycles. The molecule has 1 atom stereocenters. The van der Waals surface area contributed by atoms with Crippen LogP contribution in [0.2, 0.25) is 0 Å². The number of carbonyl (C=O) groups excluding carboxylic acids is 2. The highest BCUT2D eigenvalue weighted by Crippen LogP contribution is 2.26. The van der Waals surface area contributed by atoms with Gasteiger partial charge in [0.1, 0.15) is 19.0 Å². The van der Waals surface area contributed by atoms with E-state index in [0.29, 0.717) is 19.7 Å². The maximum Gasteiger partial charge on any atom is 0.410 e. The van der Waals surface area contributed by atoms with E-state index in [1.54, 1.807) is 0 Å². The van der Waals surface area contributed by atoms with Gasteiger partial charge >= 0.3 is 6.09 Å². The van der Waals surface area contributed by atoms with Crippen LogP contribution in [0.1, 0.15) is 24.6 Å². The number of piperidine rings is 1. The summed E-state index contributed by atoms with van der Waals surface area (Å²) in [7, 11) is 0. The number of carbonyl (C=O) groups is 2. The van der Waals surface area contributed by atoms with Crippen LogP contribution in [-0.2, 0) is 9.53 Å². The first-order valence-corrected chi connectivity index (χ1v) is 8.21. The van der Waals surface area contributed by atoms with Gasteiger partial charge in [-0.25, -0.2) is 4.79 Å². The Bertz CT molecular complexity index is 774. The molecule has 2 saturated heterocycles. The molecule has 2 amide bonds. The third-order valence-corrected chi connectivity index (χ3v) is 4.65. The average Bonchev–Trinajstić information content (AvgIpc) is 3.21. The topological polar surface area (TPSA) is 80.0 Å². The van der Waals surface area contributed by atoms with Gasteiger partial charge in [-0.3, -0.25) is 14.1 Å². The van der Waals surface area contributed by atoms with Crippen molar-refractivity contribution >= 4 is 17.6 Å². The van der Waals surface area contributed by atoms with Crippen molar-refractivity contribution in [3.8, 4) is 0 Å². The smallest absolute Gasteiger partial charge is 0.410 e. The Balaban J connectivity index is 1.47. The van der Waals surface area contributed by atoms with Crippen LogP contribution in [0.5, 0.6) is 0 Å². The molecule has 2 aliphatic rings. The lowest BCUT2D eigenvalue weighted by Gasteiger charge is -2.32. The zero-order valence-corrected chi connectivity index (χ0v) is 13.3. The van der Waals surface area contributed by atoms with Crippen molar-refractivity contribution in [1.82, 2.24) is 24.4 Å². The molecule has 0 bridgehead atoms. The molecular formula is C16H19N5O3. The lowest BCUT2D eigenvalue weighted by atomic mass is 9.97. The molecule has 2 fully saturated rings. The Kier molecular flexibility index (Phi) is 3.79. The molecule has 1 unspecified atom stereocenters. The Morgan fingerprint density at radius 2 is 2.21 bits per heavy atom. The number of likely N-dealkylation sites (tertiary alicyclic amines) is 1. The maximum absolute atomic E-state index is 12.5. The molecule has 2 aromatic heterocycles. The Labute approximate surface area is 139 Å². The van der Waals surface area contributed by atoms with E-state index < -0.39 is 6.09 Å². The fraction of sp³-hybridized carbons (Fsp3) is 0.500. The van der Waals surface area contributed by atoms with Gasteiger partial charge in [0, 0.05) is 25.2 Å². The van der Waals surface area contributed by atoms with Gasteiger partial charge in [-0.15, -0.1) is 10.2 Å². The minimum absolute atomic E-state index is 0.0348. The molecule has 8 heteroatoms. The van der Waals surface area contributed by atoms with Gasteiger partial charge in [-0.2, -0.15) is 0 Å². The highest BCUT2D eigenvalue weighted by Gasteiger charge is 2.31. The van der Waals surface area contributed by atoms with Crippen molar-refractivity contribution in [2.75, 3.05) is 32.8 Å². The van der Waals surface area contributed by atoms with Crippen LogP contribution in [-0.4, -0.2) is 69.2 Å². The van der Waals surface area contributed by atoms with Crippen LogP contribution in [0.15, 0.2) is 24.4 Å². The van der Waals surface area contributed by atoms with Gasteiger partial charge in [-0.1, -0.05) is 6.07 Å². The summed E-state index contributed by atoms with van der Waals surface area (Å²) in [4.78, 5) is 27.3. The summed E-state index contributed by atoms with van der Waals surface area (Å²) < 4.78 is 6.86. The highest BCUT2D eigenvalue weighted by molar-refractivity contribution is 5.83. The molecule has 126 valence electrons. The number of amides is 2. The van der Waals surface area contributed by atoms with E-state index >= 15 is 0 Å². The van der Waals surface area contributed by atoms with Gasteiger partial charge < -0.3 is 9.64 Å². The van der Waals surface area contributed by atoms with Crippen molar-refractivity contribution in [3.63, 3.8) is 0 Å². The first-order chi connectivity index (χ1) is 11.7. The van der Waals surface area contributed by atoms with Gasteiger partial charge in [0.25, 0.3) is 0 Å². The number of nitrogens with zero attached hydrogens (tertiary/aromatic N) is 5. The minimum atomic E-state index is -0.402. The molecular weight excluding hydrogens is 310 g/mol. The minimum Gasteiger partial charge on any atom is -0.448 e. The maximum atomic E-state index is 12.5. The fourth-order valence-corrected chi connectivity index (χ4v) is 3.39. The second-order valence-electron chi connectivity index (χ2n) is 6.20. The zero-order valence-electron chi connectivity index (χ0n) is 13.3. The van der Waals surface area contributed by atoms with Gasteiger partial charge in [0.05, 0.1) is 6.54 Å². The first kappa shape index (κ1) is 14.9. The van der Waals surface area contributed by atoms with Crippen molar-refractivity contribution < 1.29 is 14.3 Å². The van der Waals surface area contributed by atoms with Crippen LogP contribution >= 0.6 is 0 Å². The molecule has 2 aromatic rings. The summed E-state index contributed by atoms with van der Waals surface area (Å²) in [5, 5.41) is 8.52. The zero-order chi connectivity index (χ0) is 16.5. The molecule has 4 rings (SSSR count). The molecule has 8 nitrogen and oxygen atoms in total. The summed E-state index contributed by atoms with van der Waals surface area (Å²) >= 11 is 0. The van der Waals surface area contributed by atoms with Crippen LogP contribution in [0, 0.1) is 0 Å². The number of cyclic esters (lactones) is 1. The number of aromatic nitrogens is 3. The van der Waals surface area contributed by atoms with E-state index in [2.05, 4.69) is 10.2 Å². The monoisotopic (exact) mass is 329 g/mol. The molecule has 0 aromatic carbocycles. The highest BCUT2D eigenvalue weighted by atomic mass is 16.6.